The second-order valence-corrected chi connectivity index (χ2v) is 4.87. The molecule has 0 saturated heterocycles. The summed E-state index contributed by atoms with van der Waals surface area (Å²) in [6.07, 6.45) is 0.126. The van der Waals surface area contributed by atoms with Crippen LogP contribution < -0.4 is 4.74 Å². The van der Waals surface area contributed by atoms with Gasteiger partial charge in [-0.1, -0.05) is 30.3 Å². The van der Waals surface area contributed by atoms with Crippen molar-refractivity contribution in [2.24, 2.45) is 0 Å². The summed E-state index contributed by atoms with van der Waals surface area (Å²) >= 11 is 0. The summed E-state index contributed by atoms with van der Waals surface area (Å²) in [6, 6.07) is 13.8. The smallest absolute Gasteiger partial charge is 0.119 e. The van der Waals surface area contributed by atoms with E-state index in [0.29, 0.717) is 6.42 Å². The number of hydrogen-bond acceptors (Lipinski definition) is 2. The van der Waals surface area contributed by atoms with Gasteiger partial charge in [-0.05, 0) is 48.2 Å². The molecule has 2 aromatic carbocycles. The van der Waals surface area contributed by atoms with Crippen molar-refractivity contribution in [3.63, 3.8) is 0 Å². The zero-order valence-corrected chi connectivity index (χ0v) is 11.7. The van der Waals surface area contributed by atoms with E-state index in [1.54, 1.807) is 7.11 Å². The van der Waals surface area contributed by atoms with Crippen molar-refractivity contribution in [3.05, 3.63) is 64.7 Å². The van der Waals surface area contributed by atoms with Gasteiger partial charge >= 0.3 is 0 Å². The Hall–Kier alpha value is -1.80. The van der Waals surface area contributed by atoms with Gasteiger partial charge in [0.05, 0.1) is 13.2 Å². The normalized spacial score (nSPS) is 12.2. The van der Waals surface area contributed by atoms with Crippen molar-refractivity contribution in [3.8, 4) is 5.75 Å². The van der Waals surface area contributed by atoms with E-state index >= 15 is 0 Å². The van der Waals surface area contributed by atoms with E-state index in [-0.39, 0.29) is 0 Å². The third-order valence-corrected chi connectivity index (χ3v) is 3.52. The SMILES string of the molecule is COc1cccc(C(O)Cc2c(C)cccc2C)c1. The summed E-state index contributed by atoms with van der Waals surface area (Å²) in [5.74, 6) is 0.776. The average Bonchev–Trinajstić information content (AvgIpc) is 2.43. The fraction of sp³-hybridized carbons (Fsp3) is 0.294. The lowest BCUT2D eigenvalue weighted by atomic mass is 9.94. The van der Waals surface area contributed by atoms with Gasteiger partial charge in [-0.3, -0.25) is 0 Å². The molecule has 0 aromatic heterocycles. The molecule has 0 radical (unpaired) electrons. The Morgan fingerprint density at radius 1 is 1.05 bits per heavy atom. The van der Waals surface area contributed by atoms with Crippen LogP contribution in [-0.4, -0.2) is 12.2 Å². The Morgan fingerprint density at radius 3 is 2.32 bits per heavy atom. The van der Waals surface area contributed by atoms with Crippen LogP contribution in [0.15, 0.2) is 42.5 Å². The largest absolute Gasteiger partial charge is 0.497 e. The molecule has 1 unspecified atom stereocenters. The van der Waals surface area contributed by atoms with Crippen LogP contribution >= 0.6 is 0 Å². The van der Waals surface area contributed by atoms with Crippen molar-refractivity contribution in [2.45, 2.75) is 26.4 Å². The highest BCUT2D eigenvalue weighted by atomic mass is 16.5. The molecule has 100 valence electrons. The Morgan fingerprint density at radius 2 is 1.68 bits per heavy atom. The summed E-state index contributed by atoms with van der Waals surface area (Å²) in [5, 5.41) is 10.4. The molecule has 1 N–H and O–H groups in total. The minimum Gasteiger partial charge on any atom is -0.497 e. The fourth-order valence-electron chi connectivity index (χ4n) is 2.33. The predicted octanol–water partition coefficient (Wildman–Crippen LogP) is 3.59. The maximum absolute atomic E-state index is 10.4. The van der Waals surface area contributed by atoms with E-state index in [1.165, 1.54) is 16.7 Å². The Kier molecular flexibility index (Phi) is 4.23. The van der Waals surface area contributed by atoms with Gasteiger partial charge in [0.25, 0.3) is 0 Å². The van der Waals surface area contributed by atoms with Gasteiger partial charge in [0, 0.05) is 6.42 Å². The van der Waals surface area contributed by atoms with Crippen LogP contribution in [0, 0.1) is 13.8 Å². The lowest BCUT2D eigenvalue weighted by Gasteiger charge is -2.15. The highest BCUT2D eigenvalue weighted by Gasteiger charge is 2.12. The second kappa shape index (κ2) is 5.89. The summed E-state index contributed by atoms with van der Waals surface area (Å²) in [6.45, 7) is 4.17. The number of aliphatic hydroxyl groups excluding tert-OH is 1. The molecule has 2 aromatic rings. The van der Waals surface area contributed by atoms with E-state index < -0.39 is 6.10 Å². The molecule has 0 spiro atoms. The molecule has 0 fully saturated rings. The first-order chi connectivity index (χ1) is 9.11. The van der Waals surface area contributed by atoms with Crippen LogP contribution in [0.25, 0.3) is 0 Å². The topological polar surface area (TPSA) is 29.5 Å². The molecule has 2 heteroatoms. The van der Waals surface area contributed by atoms with Gasteiger partial charge in [0.15, 0.2) is 0 Å². The van der Waals surface area contributed by atoms with Gasteiger partial charge in [-0.15, -0.1) is 0 Å². The first kappa shape index (κ1) is 13.6. The highest BCUT2D eigenvalue weighted by Crippen LogP contribution is 2.25. The van der Waals surface area contributed by atoms with Gasteiger partial charge in [-0.25, -0.2) is 0 Å². The molecule has 2 rings (SSSR count). The third-order valence-electron chi connectivity index (χ3n) is 3.52. The van der Waals surface area contributed by atoms with Crippen LogP contribution in [0.1, 0.15) is 28.4 Å². The van der Waals surface area contributed by atoms with Gasteiger partial charge in [0.2, 0.25) is 0 Å². The van der Waals surface area contributed by atoms with Gasteiger partial charge < -0.3 is 9.84 Å². The standard InChI is InChI=1S/C17H20O2/c1-12-6-4-7-13(2)16(12)11-17(18)14-8-5-9-15(10-14)19-3/h4-10,17-18H,11H2,1-3H3. The molecule has 0 amide bonds. The Bertz CT molecular complexity index is 541. The molecule has 0 heterocycles. The van der Waals surface area contributed by atoms with Crippen molar-refractivity contribution in [1.82, 2.24) is 0 Å². The van der Waals surface area contributed by atoms with E-state index in [9.17, 15) is 5.11 Å². The van der Waals surface area contributed by atoms with E-state index in [2.05, 4.69) is 26.0 Å². The Labute approximate surface area is 114 Å². The van der Waals surface area contributed by atoms with Crippen LogP contribution in [-0.2, 0) is 6.42 Å². The maximum atomic E-state index is 10.4. The minimum atomic E-state index is -0.505. The Balaban J connectivity index is 2.23. The molecule has 1 atom stereocenters. The number of methoxy groups -OCH3 is 1. The molecule has 0 aliphatic heterocycles. The summed E-state index contributed by atoms with van der Waals surface area (Å²) < 4.78 is 5.19. The van der Waals surface area contributed by atoms with E-state index in [4.69, 9.17) is 4.74 Å². The predicted molar refractivity (Wildman–Crippen MR) is 77.6 cm³/mol. The number of rotatable bonds is 4. The lowest BCUT2D eigenvalue weighted by Crippen LogP contribution is -2.05. The third kappa shape index (κ3) is 3.15. The quantitative estimate of drug-likeness (QED) is 0.906. The second-order valence-electron chi connectivity index (χ2n) is 4.87. The van der Waals surface area contributed by atoms with Crippen molar-refractivity contribution in [2.75, 3.05) is 7.11 Å². The van der Waals surface area contributed by atoms with Crippen LogP contribution in [0.3, 0.4) is 0 Å². The van der Waals surface area contributed by atoms with Gasteiger partial charge in [-0.2, -0.15) is 0 Å². The average molecular weight is 256 g/mol. The molecule has 0 saturated carbocycles. The monoisotopic (exact) mass is 256 g/mol. The fourth-order valence-corrected chi connectivity index (χ4v) is 2.33. The first-order valence-corrected chi connectivity index (χ1v) is 6.49. The number of ether oxygens (including phenoxy) is 1. The zero-order chi connectivity index (χ0) is 13.8. The summed E-state index contributed by atoms with van der Waals surface area (Å²) in [7, 11) is 1.64. The lowest BCUT2D eigenvalue weighted by molar-refractivity contribution is 0.177. The molecule has 0 aliphatic carbocycles. The van der Waals surface area contributed by atoms with Crippen molar-refractivity contribution >= 4 is 0 Å². The van der Waals surface area contributed by atoms with E-state index in [0.717, 1.165) is 11.3 Å². The van der Waals surface area contributed by atoms with Crippen molar-refractivity contribution < 1.29 is 9.84 Å². The molecule has 2 nitrogen and oxygen atoms in total. The molecular formula is C17H20O2. The number of aliphatic hydroxyl groups is 1. The highest BCUT2D eigenvalue weighted by molar-refractivity contribution is 5.36. The van der Waals surface area contributed by atoms with Gasteiger partial charge in [0.1, 0.15) is 5.75 Å². The molecule has 0 bridgehead atoms. The van der Waals surface area contributed by atoms with E-state index in [1.807, 2.05) is 30.3 Å². The number of aryl methyl sites for hydroxylation is 2. The molecule has 19 heavy (non-hydrogen) atoms. The van der Waals surface area contributed by atoms with Crippen LogP contribution in [0.2, 0.25) is 0 Å². The van der Waals surface area contributed by atoms with Crippen LogP contribution in [0.4, 0.5) is 0 Å². The number of benzene rings is 2. The summed E-state index contributed by atoms with van der Waals surface area (Å²) in [5.41, 5.74) is 4.56. The maximum Gasteiger partial charge on any atom is 0.119 e. The first-order valence-electron chi connectivity index (χ1n) is 6.49. The van der Waals surface area contributed by atoms with Crippen LogP contribution in [0.5, 0.6) is 5.75 Å². The number of hydrogen-bond donors (Lipinski definition) is 1. The zero-order valence-electron chi connectivity index (χ0n) is 11.7. The molecule has 0 aliphatic rings. The summed E-state index contributed by atoms with van der Waals surface area (Å²) in [4.78, 5) is 0. The molecular weight excluding hydrogens is 236 g/mol. The minimum absolute atomic E-state index is 0.505. The van der Waals surface area contributed by atoms with Crippen molar-refractivity contribution in [1.29, 1.82) is 0 Å².